The second-order valence-electron chi connectivity index (χ2n) is 19.2. The van der Waals surface area contributed by atoms with Gasteiger partial charge in [0.15, 0.2) is 6.10 Å². The number of unbranched alkanes of at least 4 members (excludes halogenated alkanes) is 9. The monoisotopic (exact) mass is 1040 g/mol. The van der Waals surface area contributed by atoms with Crippen molar-refractivity contribution in [2.24, 2.45) is 0 Å². The number of hydrogen-bond donors (Lipinski definition) is 1. The average Bonchev–Trinajstić information content (AvgIpc) is 3.36. The van der Waals surface area contributed by atoms with E-state index in [-0.39, 0.29) is 26.1 Å². The Bertz CT molecular complexity index is 1800. The molecule has 74 heavy (non-hydrogen) atoms. The van der Waals surface area contributed by atoms with Crippen LogP contribution in [0.2, 0.25) is 0 Å². The van der Waals surface area contributed by atoms with Gasteiger partial charge >= 0.3 is 19.8 Å². The molecule has 0 aromatic rings. The number of nitrogens with zero attached hydrogens (tertiary/aromatic N) is 1. The summed E-state index contributed by atoms with van der Waals surface area (Å²) in [6, 6.07) is 0. The zero-order valence-corrected chi connectivity index (χ0v) is 47.9. The standard InChI is InChI=1S/C64H102NO8P/c1-6-8-10-12-14-16-18-20-21-22-23-24-25-26-27-28-29-30-31-32-33-34-35-36-37-38-39-40-41-42-43-45-47-49-51-53-55-57-64(67)73-62(61-72-74(68,69)71-59-58-65(3,4)5)60-70-63(66)56-54-52-50-48-46-44-19-17-15-13-11-9-7-2/h8,10-11,13-14,16-17,19-21,23-24,26-27,29-30,32-33,35-36,38-39,41-42,45,47,62H,6-7,9,12,15,18,22,25,28,31,34,37,40,43-44,46,48-61H2,1-5H3/p+1/b10-8-,13-11-,16-14-,19-17-,21-20-,24-23-,27-26-,30-29-,33-32-,36-35-,39-38-,42-41-,47-45-. The third-order valence-corrected chi connectivity index (χ3v) is 12.0. The lowest BCUT2D eigenvalue weighted by Crippen LogP contribution is -2.37. The highest BCUT2D eigenvalue weighted by molar-refractivity contribution is 7.47. The van der Waals surface area contributed by atoms with E-state index in [9.17, 15) is 19.0 Å². The van der Waals surface area contributed by atoms with E-state index in [1.165, 1.54) is 6.42 Å². The van der Waals surface area contributed by atoms with Gasteiger partial charge in [0.1, 0.15) is 19.8 Å². The molecule has 0 radical (unpaired) electrons. The number of quaternary nitrogens is 1. The second kappa shape index (κ2) is 53.5. The Morgan fingerprint density at radius 3 is 1.16 bits per heavy atom. The van der Waals surface area contributed by atoms with Crippen molar-refractivity contribution in [3.05, 3.63) is 158 Å². The fourth-order valence-corrected chi connectivity index (χ4v) is 7.44. The number of hydrogen-bond acceptors (Lipinski definition) is 7. The maximum absolute atomic E-state index is 12.8. The summed E-state index contributed by atoms with van der Waals surface area (Å²) < 4.78 is 34.4. The smallest absolute Gasteiger partial charge is 0.462 e. The van der Waals surface area contributed by atoms with Crippen LogP contribution < -0.4 is 0 Å². The fourth-order valence-electron chi connectivity index (χ4n) is 6.70. The molecule has 0 aliphatic rings. The van der Waals surface area contributed by atoms with E-state index < -0.39 is 32.5 Å². The minimum atomic E-state index is -4.41. The molecule has 10 heteroatoms. The highest BCUT2D eigenvalue weighted by Crippen LogP contribution is 2.43. The number of allylic oxidation sites excluding steroid dienone is 26. The molecule has 2 atom stereocenters. The summed E-state index contributed by atoms with van der Waals surface area (Å²) in [6.45, 7) is 4.15. The van der Waals surface area contributed by atoms with Gasteiger partial charge in [-0.3, -0.25) is 18.6 Å². The number of esters is 2. The van der Waals surface area contributed by atoms with Gasteiger partial charge in [0.25, 0.3) is 0 Å². The molecule has 0 spiro atoms. The van der Waals surface area contributed by atoms with Crippen molar-refractivity contribution >= 4 is 19.8 Å². The highest BCUT2D eigenvalue weighted by atomic mass is 31.2. The van der Waals surface area contributed by atoms with Crippen LogP contribution >= 0.6 is 7.82 Å². The third-order valence-electron chi connectivity index (χ3n) is 11.0. The Labute approximate surface area is 452 Å². The molecule has 0 heterocycles. The van der Waals surface area contributed by atoms with E-state index in [0.29, 0.717) is 23.9 Å². The first-order valence-corrected chi connectivity index (χ1v) is 29.7. The molecule has 9 nitrogen and oxygen atoms in total. The first-order valence-electron chi connectivity index (χ1n) is 28.2. The SMILES string of the molecule is CC/C=C\C/C=C\C/C=C\C/C=C\C/C=C\C/C=C\C/C=C\C/C=C\C/C=C\C/C=C\C/C=C\CCCCCC(=O)OC(COC(=O)CCCCCCC/C=C\C/C=C\CCC)COP(=O)(O)OCC[N+](C)(C)C. The number of ether oxygens (including phenoxy) is 2. The molecular formula is C64H103NO8P+. The summed E-state index contributed by atoms with van der Waals surface area (Å²) in [5.41, 5.74) is 0. The van der Waals surface area contributed by atoms with E-state index in [4.69, 9.17) is 18.5 Å². The zero-order valence-electron chi connectivity index (χ0n) is 47.0. The molecule has 0 amide bonds. The number of phosphoric ester groups is 1. The predicted octanol–water partition coefficient (Wildman–Crippen LogP) is 17.7. The van der Waals surface area contributed by atoms with Crippen LogP contribution in [0.3, 0.4) is 0 Å². The number of carbonyl (C=O) groups excluding carboxylic acids is 2. The van der Waals surface area contributed by atoms with Gasteiger partial charge in [0.05, 0.1) is 27.7 Å². The van der Waals surface area contributed by atoms with Gasteiger partial charge in [0.2, 0.25) is 0 Å². The number of carbonyl (C=O) groups is 2. The van der Waals surface area contributed by atoms with Crippen molar-refractivity contribution in [3.63, 3.8) is 0 Å². The van der Waals surface area contributed by atoms with Crippen molar-refractivity contribution < 1.29 is 42.1 Å². The molecule has 0 rings (SSSR count). The Kier molecular flexibility index (Phi) is 50.3. The van der Waals surface area contributed by atoms with E-state index in [1.807, 2.05) is 21.1 Å². The first kappa shape index (κ1) is 69.6. The largest absolute Gasteiger partial charge is 0.472 e. The second-order valence-corrected chi connectivity index (χ2v) is 20.7. The maximum Gasteiger partial charge on any atom is 0.472 e. The lowest BCUT2D eigenvalue weighted by Gasteiger charge is -2.24. The summed E-state index contributed by atoms with van der Waals surface area (Å²) in [5, 5.41) is 0. The van der Waals surface area contributed by atoms with Crippen LogP contribution in [0.5, 0.6) is 0 Å². The van der Waals surface area contributed by atoms with Crippen LogP contribution in [0.25, 0.3) is 0 Å². The van der Waals surface area contributed by atoms with Gasteiger partial charge in [-0.15, -0.1) is 0 Å². The molecule has 0 bridgehead atoms. The molecule has 0 saturated heterocycles. The number of rotatable bonds is 49. The van der Waals surface area contributed by atoms with Crippen LogP contribution in [0, 0.1) is 0 Å². The van der Waals surface area contributed by atoms with Gasteiger partial charge in [-0.2, -0.15) is 0 Å². The van der Waals surface area contributed by atoms with Crippen molar-refractivity contribution in [2.45, 2.75) is 187 Å². The molecule has 0 aromatic heterocycles. The van der Waals surface area contributed by atoms with E-state index >= 15 is 0 Å². The molecule has 1 N–H and O–H groups in total. The molecule has 0 fully saturated rings. The van der Waals surface area contributed by atoms with Gasteiger partial charge in [-0.1, -0.05) is 204 Å². The van der Waals surface area contributed by atoms with Crippen LogP contribution in [-0.4, -0.2) is 74.9 Å². The molecule has 416 valence electrons. The molecule has 2 unspecified atom stereocenters. The highest BCUT2D eigenvalue weighted by Gasteiger charge is 2.27. The Morgan fingerprint density at radius 2 is 0.770 bits per heavy atom. The van der Waals surface area contributed by atoms with Crippen LogP contribution in [0.15, 0.2) is 158 Å². The van der Waals surface area contributed by atoms with Gasteiger partial charge < -0.3 is 18.9 Å². The summed E-state index contributed by atoms with van der Waals surface area (Å²) in [4.78, 5) is 35.5. The van der Waals surface area contributed by atoms with Crippen molar-refractivity contribution in [2.75, 3.05) is 47.5 Å². The van der Waals surface area contributed by atoms with Crippen molar-refractivity contribution in [1.29, 1.82) is 0 Å². The molecular weight excluding hydrogens is 942 g/mol. The summed E-state index contributed by atoms with van der Waals surface area (Å²) in [7, 11) is 1.42. The van der Waals surface area contributed by atoms with E-state index in [1.54, 1.807) is 0 Å². The van der Waals surface area contributed by atoms with Crippen molar-refractivity contribution in [3.8, 4) is 0 Å². The summed E-state index contributed by atoms with van der Waals surface area (Å²) >= 11 is 0. The minimum absolute atomic E-state index is 0.0133. The number of likely N-dealkylation sites (N-methyl/N-ethyl adjacent to an activating group) is 1. The Hall–Kier alpha value is -4.37. The topological polar surface area (TPSA) is 108 Å². The van der Waals surface area contributed by atoms with Gasteiger partial charge in [-0.05, 0) is 122 Å². The quantitative estimate of drug-likeness (QED) is 0.0211. The summed E-state index contributed by atoms with van der Waals surface area (Å²) in [6.07, 6.45) is 80.4. The van der Waals surface area contributed by atoms with E-state index in [0.717, 1.165) is 135 Å². The lowest BCUT2D eigenvalue weighted by molar-refractivity contribution is -0.870. The third kappa shape index (κ3) is 56.9. The maximum atomic E-state index is 12.8. The van der Waals surface area contributed by atoms with E-state index in [2.05, 4.69) is 172 Å². The molecule has 0 aliphatic heterocycles. The number of phosphoric acid groups is 1. The minimum Gasteiger partial charge on any atom is -0.462 e. The summed E-state index contributed by atoms with van der Waals surface area (Å²) in [5.74, 6) is -0.869. The predicted molar refractivity (Wildman–Crippen MR) is 316 cm³/mol. The fraction of sp³-hybridized carbons (Fsp3) is 0.562. The molecule has 0 aliphatic carbocycles. The average molecular weight is 1050 g/mol. The normalized spacial score (nSPS) is 14.5. The Morgan fingerprint density at radius 1 is 0.432 bits per heavy atom. The van der Waals surface area contributed by atoms with Gasteiger partial charge in [-0.25, -0.2) is 4.57 Å². The van der Waals surface area contributed by atoms with Crippen LogP contribution in [-0.2, 0) is 32.7 Å². The molecule has 0 aromatic carbocycles. The van der Waals surface area contributed by atoms with Gasteiger partial charge in [0, 0.05) is 12.8 Å². The Balaban J connectivity index is 4.26. The van der Waals surface area contributed by atoms with Crippen LogP contribution in [0.4, 0.5) is 0 Å². The first-order chi connectivity index (χ1) is 36.0. The zero-order chi connectivity index (χ0) is 54.2. The molecule has 0 saturated carbocycles. The van der Waals surface area contributed by atoms with Crippen molar-refractivity contribution in [1.82, 2.24) is 0 Å². The lowest BCUT2D eigenvalue weighted by atomic mass is 10.1. The van der Waals surface area contributed by atoms with Crippen LogP contribution in [0.1, 0.15) is 181 Å².